The Morgan fingerprint density at radius 3 is 0.972 bits per heavy atom. The third-order valence-corrected chi connectivity index (χ3v) is 12.6. The number of allylic oxidation sites excluding steroid dienone is 16. The maximum atomic E-state index is 12.9. The van der Waals surface area contributed by atoms with Gasteiger partial charge in [-0.3, -0.25) is 14.4 Å². The fourth-order valence-corrected chi connectivity index (χ4v) is 8.15. The van der Waals surface area contributed by atoms with E-state index in [0.717, 1.165) is 83.5 Å². The Morgan fingerprint density at radius 1 is 0.296 bits per heavy atom. The van der Waals surface area contributed by atoms with Gasteiger partial charge in [0, 0.05) is 19.3 Å². The Labute approximate surface area is 438 Å². The molecule has 71 heavy (non-hydrogen) atoms. The van der Waals surface area contributed by atoms with Gasteiger partial charge in [-0.05, 0) is 89.9 Å². The van der Waals surface area contributed by atoms with Crippen LogP contribution in [0.3, 0.4) is 0 Å². The third-order valence-electron chi connectivity index (χ3n) is 12.6. The first-order valence-corrected chi connectivity index (χ1v) is 29.7. The first kappa shape index (κ1) is 67.3. The predicted octanol–water partition coefficient (Wildman–Crippen LogP) is 20.1. The van der Waals surface area contributed by atoms with Gasteiger partial charge in [0.15, 0.2) is 6.10 Å². The maximum absolute atomic E-state index is 12.9. The van der Waals surface area contributed by atoms with Crippen molar-refractivity contribution < 1.29 is 28.6 Å². The molecule has 0 saturated carbocycles. The molecule has 0 aliphatic heterocycles. The van der Waals surface area contributed by atoms with Crippen LogP contribution in [0.15, 0.2) is 97.2 Å². The van der Waals surface area contributed by atoms with E-state index >= 15 is 0 Å². The van der Waals surface area contributed by atoms with E-state index in [-0.39, 0.29) is 37.5 Å². The summed E-state index contributed by atoms with van der Waals surface area (Å²) in [7, 11) is 0. The molecule has 0 aliphatic carbocycles. The smallest absolute Gasteiger partial charge is 0.306 e. The van der Waals surface area contributed by atoms with E-state index in [1.165, 1.54) is 148 Å². The molecule has 6 nitrogen and oxygen atoms in total. The highest BCUT2D eigenvalue weighted by Crippen LogP contribution is 2.16. The quantitative estimate of drug-likeness (QED) is 0.0261. The van der Waals surface area contributed by atoms with Crippen LogP contribution in [0.4, 0.5) is 0 Å². The average Bonchev–Trinajstić information content (AvgIpc) is 3.37. The summed E-state index contributed by atoms with van der Waals surface area (Å²) >= 11 is 0. The van der Waals surface area contributed by atoms with Crippen molar-refractivity contribution in [2.75, 3.05) is 13.2 Å². The number of carbonyl (C=O) groups is 3. The molecule has 0 heterocycles. The minimum Gasteiger partial charge on any atom is -0.462 e. The molecule has 1 atom stereocenters. The summed E-state index contributed by atoms with van der Waals surface area (Å²) in [6, 6.07) is 0. The van der Waals surface area contributed by atoms with Gasteiger partial charge in [-0.15, -0.1) is 0 Å². The molecule has 0 aromatic rings. The highest BCUT2D eigenvalue weighted by atomic mass is 16.6. The first-order valence-electron chi connectivity index (χ1n) is 29.7. The SMILES string of the molecule is CC/C=C\C/C=C\C/C=C\C/C=C\C/C=C\C/C=C\CCC(=O)OCC(COC(=O)CCCCCCCCCCC/C=C\C/C=C\CCCCC)OC(=O)CCCCCCCCCCCCCCCCC. The minimum absolute atomic E-state index is 0.101. The Hall–Kier alpha value is -3.67. The monoisotopic (exact) mass is 987 g/mol. The lowest BCUT2D eigenvalue weighted by molar-refractivity contribution is -0.166. The molecule has 1 unspecified atom stereocenters. The fourth-order valence-electron chi connectivity index (χ4n) is 8.15. The first-order chi connectivity index (χ1) is 35.0. The Balaban J connectivity index is 4.48. The van der Waals surface area contributed by atoms with Crippen LogP contribution < -0.4 is 0 Å². The van der Waals surface area contributed by atoms with Crippen LogP contribution in [0.2, 0.25) is 0 Å². The number of rotatable bonds is 53. The van der Waals surface area contributed by atoms with Gasteiger partial charge in [-0.1, -0.05) is 266 Å². The van der Waals surface area contributed by atoms with Gasteiger partial charge in [0.2, 0.25) is 0 Å². The molecule has 0 aromatic carbocycles. The van der Waals surface area contributed by atoms with Crippen LogP contribution in [0.1, 0.15) is 278 Å². The van der Waals surface area contributed by atoms with Gasteiger partial charge in [0.25, 0.3) is 0 Å². The maximum Gasteiger partial charge on any atom is 0.306 e. The van der Waals surface area contributed by atoms with Gasteiger partial charge in [-0.25, -0.2) is 0 Å². The molecule has 0 spiro atoms. The number of carbonyl (C=O) groups excluding carboxylic acids is 3. The fraction of sp³-hybridized carbons (Fsp3) is 0.708. The standard InChI is InChI=1S/C65H110O6/c1-4-7-10-13-16-19-22-25-28-30-32-34-37-39-42-45-48-51-54-57-63(66)69-60-62(71-65(68)59-56-53-50-47-44-41-36-27-24-21-18-15-12-9-6-3)61-70-64(67)58-55-52-49-46-43-40-38-35-33-31-29-26-23-20-17-14-11-8-5-2/h7,10,16-17,19-20,25-26,28-29,32,34,39,42,48,51,62H,4-6,8-9,11-15,18,21-24,27,30-31,33,35-38,40-41,43-47,49-50,52-61H2,1-3H3/b10-7-,19-16-,20-17-,28-25-,29-26-,34-32-,42-39-,51-48-. The number of esters is 3. The van der Waals surface area contributed by atoms with E-state index in [0.29, 0.717) is 19.3 Å². The number of hydrogen-bond acceptors (Lipinski definition) is 6. The summed E-state index contributed by atoms with van der Waals surface area (Å²) in [5, 5.41) is 0. The number of ether oxygens (including phenoxy) is 3. The number of hydrogen-bond donors (Lipinski definition) is 0. The van der Waals surface area contributed by atoms with Crippen LogP contribution in [0, 0.1) is 0 Å². The van der Waals surface area contributed by atoms with Crippen molar-refractivity contribution in [1.82, 2.24) is 0 Å². The minimum atomic E-state index is -0.809. The molecule has 0 radical (unpaired) electrons. The summed E-state index contributed by atoms with van der Waals surface area (Å²) in [6.45, 7) is 6.45. The zero-order valence-corrected chi connectivity index (χ0v) is 46.5. The van der Waals surface area contributed by atoms with Crippen molar-refractivity contribution in [2.45, 2.75) is 284 Å². The van der Waals surface area contributed by atoms with Gasteiger partial charge >= 0.3 is 17.9 Å². The second-order valence-electron chi connectivity index (χ2n) is 19.5. The van der Waals surface area contributed by atoms with Crippen LogP contribution >= 0.6 is 0 Å². The Bertz CT molecular complexity index is 1410. The van der Waals surface area contributed by atoms with Crippen molar-refractivity contribution in [3.05, 3.63) is 97.2 Å². The molecule has 0 N–H and O–H groups in total. The highest BCUT2D eigenvalue weighted by Gasteiger charge is 2.19. The lowest BCUT2D eigenvalue weighted by atomic mass is 10.0. The molecular formula is C65H110O6. The molecule has 406 valence electrons. The van der Waals surface area contributed by atoms with E-state index in [2.05, 4.69) is 112 Å². The van der Waals surface area contributed by atoms with Gasteiger partial charge < -0.3 is 14.2 Å². The van der Waals surface area contributed by atoms with E-state index in [9.17, 15) is 14.4 Å². The van der Waals surface area contributed by atoms with Crippen LogP contribution in [-0.2, 0) is 28.6 Å². The zero-order valence-electron chi connectivity index (χ0n) is 46.5. The second-order valence-corrected chi connectivity index (χ2v) is 19.5. The zero-order chi connectivity index (χ0) is 51.4. The van der Waals surface area contributed by atoms with Crippen molar-refractivity contribution >= 4 is 17.9 Å². The van der Waals surface area contributed by atoms with Gasteiger partial charge in [0.05, 0.1) is 0 Å². The second kappa shape index (κ2) is 58.9. The summed E-state index contributed by atoms with van der Waals surface area (Å²) < 4.78 is 16.8. The van der Waals surface area contributed by atoms with Crippen molar-refractivity contribution in [3.63, 3.8) is 0 Å². The summed E-state index contributed by atoms with van der Waals surface area (Å²) in [5.74, 6) is -0.985. The van der Waals surface area contributed by atoms with Crippen LogP contribution in [0.25, 0.3) is 0 Å². The lowest BCUT2D eigenvalue weighted by Gasteiger charge is -2.18. The van der Waals surface area contributed by atoms with Gasteiger partial charge in [0.1, 0.15) is 13.2 Å². The lowest BCUT2D eigenvalue weighted by Crippen LogP contribution is -2.30. The van der Waals surface area contributed by atoms with E-state index < -0.39 is 6.10 Å². The molecule has 0 amide bonds. The van der Waals surface area contributed by atoms with Crippen LogP contribution in [-0.4, -0.2) is 37.2 Å². The highest BCUT2D eigenvalue weighted by molar-refractivity contribution is 5.71. The summed E-state index contributed by atoms with van der Waals surface area (Å²) in [4.78, 5) is 38.2. The largest absolute Gasteiger partial charge is 0.462 e. The number of unbranched alkanes of at least 4 members (excludes halogenated alkanes) is 26. The molecule has 0 saturated heterocycles. The molecule has 0 aliphatic rings. The Kier molecular flexibility index (Phi) is 55.9. The average molecular weight is 988 g/mol. The van der Waals surface area contributed by atoms with Gasteiger partial charge in [-0.2, -0.15) is 0 Å². The van der Waals surface area contributed by atoms with E-state index in [4.69, 9.17) is 14.2 Å². The van der Waals surface area contributed by atoms with Crippen LogP contribution in [0.5, 0.6) is 0 Å². The van der Waals surface area contributed by atoms with Crippen molar-refractivity contribution in [3.8, 4) is 0 Å². The van der Waals surface area contributed by atoms with Crippen molar-refractivity contribution in [2.24, 2.45) is 0 Å². The molecule has 0 rings (SSSR count). The van der Waals surface area contributed by atoms with E-state index in [1.54, 1.807) is 0 Å². The molecule has 0 aromatic heterocycles. The molecule has 0 bridgehead atoms. The predicted molar refractivity (Wildman–Crippen MR) is 307 cm³/mol. The Morgan fingerprint density at radius 2 is 0.577 bits per heavy atom. The summed E-state index contributed by atoms with van der Waals surface area (Å²) in [6.07, 6.45) is 78.4. The van der Waals surface area contributed by atoms with Crippen molar-refractivity contribution in [1.29, 1.82) is 0 Å². The normalized spacial score (nSPS) is 12.8. The molecular weight excluding hydrogens is 877 g/mol. The molecule has 0 fully saturated rings. The summed E-state index contributed by atoms with van der Waals surface area (Å²) in [5.41, 5.74) is 0. The van der Waals surface area contributed by atoms with E-state index in [1.807, 2.05) is 6.08 Å². The topological polar surface area (TPSA) is 78.9 Å². The molecule has 6 heteroatoms. The third kappa shape index (κ3) is 57.1.